The fourth-order valence-corrected chi connectivity index (χ4v) is 2.96. The minimum absolute atomic E-state index is 0.0622. The van der Waals surface area contributed by atoms with Crippen LogP contribution in [-0.4, -0.2) is 24.4 Å². The van der Waals surface area contributed by atoms with E-state index in [-0.39, 0.29) is 5.91 Å². The Bertz CT molecular complexity index is 566. The number of aryl methyl sites for hydroxylation is 1. The van der Waals surface area contributed by atoms with Gasteiger partial charge in [-0.3, -0.25) is 4.79 Å². The van der Waals surface area contributed by atoms with Gasteiger partial charge in [-0.25, -0.2) is 0 Å². The predicted molar refractivity (Wildman–Crippen MR) is 83.9 cm³/mol. The van der Waals surface area contributed by atoms with Crippen molar-refractivity contribution in [1.82, 2.24) is 4.90 Å². The molecule has 0 saturated carbocycles. The van der Waals surface area contributed by atoms with Crippen LogP contribution < -0.4 is 0 Å². The van der Waals surface area contributed by atoms with E-state index in [0.29, 0.717) is 0 Å². The van der Waals surface area contributed by atoms with Gasteiger partial charge >= 0.3 is 0 Å². The van der Waals surface area contributed by atoms with Crippen LogP contribution >= 0.6 is 27.3 Å². The number of benzene rings is 1. The zero-order valence-corrected chi connectivity index (χ0v) is 13.4. The first-order chi connectivity index (χ1) is 9.08. The Hall–Kier alpha value is -1.13. The van der Waals surface area contributed by atoms with Crippen LogP contribution in [0.5, 0.6) is 0 Å². The number of carbonyl (C=O) groups is 1. The molecule has 1 aromatic carbocycles. The Morgan fingerprint density at radius 3 is 2.84 bits per heavy atom. The molecule has 0 radical (unpaired) electrons. The van der Waals surface area contributed by atoms with E-state index in [9.17, 15) is 4.79 Å². The van der Waals surface area contributed by atoms with Gasteiger partial charge in [-0.15, -0.1) is 11.3 Å². The van der Waals surface area contributed by atoms with Crippen molar-refractivity contribution in [3.8, 4) is 0 Å². The molecule has 0 spiro atoms. The molecule has 1 amide bonds. The number of hydrogen-bond acceptors (Lipinski definition) is 2. The Morgan fingerprint density at radius 1 is 1.37 bits per heavy atom. The molecule has 0 atom stereocenters. The van der Waals surface area contributed by atoms with Gasteiger partial charge in [0, 0.05) is 22.9 Å². The van der Waals surface area contributed by atoms with Crippen LogP contribution in [0.4, 0.5) is 0 Å². The van der Waals surface area contributed by atoms with Crippen LogP contribution in [0.3, 0.4) is 0 Å². The van der Waals surface area contributed by atoms with Crippen LogP contribution in [0.1, 0.15) is 20.8 Å². The summed E-state index contributed by atoms with van der Waals surface area (Å²) >= 11 is 5.17. The molecule has 100 valence electrons. The number of rotatable bonds is 4. The monoisotopic (exact) mass is 337 g/mol. The summed E-state index contributed by atoms with van der Waals surface area (Å²) in [6.45, 7) is 2.73. The van der Waals surface area contributed by atoms with Crippen molar-refractivity contribution < 1.29 is 4.79 Å². The lowest BCUT2D eigenvalue weighted by Crippen LogP contribution is -2.29. The van der Waals surface area contributed by atoms with Crippen LogP contribution in [0, 0.1) is 6.92 Å². The highest BCUT2D eigenvalue weighted by molar-refractivity contribution is 9.10. The summed E-state index contributed by atoms with van der Waals surface area (Å²) < 4.78 is 0.853. The molecule has 0 aliphatic rings. The van der Waals surface area contributed by atoms with Crippen LogP contribution in [0.15, 0.2) is 40.2 Å². The van der Waals surface area contributed by atoms with Gasteiger partial charge in [-0.05, 0) is 52.9 Å². The number of nitrogens with zero attached hydrogens (tertiary/aromatic N) is 1. The van der Waals surface area contributed by atoms with Crippen LogP contribution in [0.2, 0.25) is 0 Å². The van der Waals surface area contributed by atoms with E-state index >= 15 is 0 Å². The van der Waals surface area contributed by atoms with Crippen molar-refractivity contribution in [2.24, 2.45) is 0 Å². The standard InChI is InChI=1S/C15H16BrNOS/c1-11-5-6-14(16)13(10-11)15(18)17(2)8-7-12-4-3-9-19-12/h3-6,9-10H,7-8H2,1-2H3. The molecule has 4 heteroatoms. The minimum Gasteiger partial charge on any atom is -0.341 e. The Labute approximate surface area is 126 Å². The maximum absolute atomic E-state index is 12.4. The van der Waals surface area contributed by atoms with Crippen molar-refractivity contribution in [3.63, 3.8) is 0 Å². The van der Waals surface area contributed by atoms with Gasteiger partial charge in [-0.1, -0.05) is 17.7 Å². The molecule has 0 fully saturated rings. The fraction of sp³-hybridized carbons (Fsp3) is 0.267. The Balaban J connectivity index is 2.04. The summed E-state index contributed by atoms with van der Waals surface area (Å²) in [5, 5.41) is 2.06. The van der Waals surface area contributed by atoms with Crippen molar-refractivity contribution in [2.45, 2.75) is 13.3 Å². The summed E-state index contributed by atoms with van der Waals surface area (Å²) in [4.78, 5) is 15.5. The number of hydrogen-bond donors (Lipinski definition) is 0. The first kappa shape index (κ1) is 14.3. The maximum Gasteiger partial charge on any atom is 0.254 e. The van der Waals surface area contributed by atoms with Gasteiger partial charge in [0.05, 0.1) is 5.56 Å². The average Bonchev–Trinajstić information content (AvgIpc) is 2.91. The number of halogens is 1. The number of carbonyl (C=O) groups excluding carboxylic acids is 1. The van der Waals surface area contributed by atoms with E-state index < -0.39 is 0 Å². The van der Waals surface area contributed by atoms with Crippen molar-refractivity contribution in [1.29, 1.82) is 0 Å². The van der Waals surface area contributed by atoms with Gasteiger partial charge in [0.25, 0.3) is 5.91 Å². The molecule has 2 rings (SSSR count). The first-order valence-corrected chi connectivity index (χ1v) is 7.79. The zero-order valence-electron chi connectivity index (χ0n) is 11.0. The first-order valence-electron chi connectivity index (χ1n) is 6.12. The second kappa shape index (κ2) is 6.35. The van der Waals surface area contributed by atoms with Crippen LogP contribution in [0.25, 0.3) is 0 Å². The highest BCUT2D eigenvalue weighted by Gasteiger charge is 2.14. The van der Waals surface area contributed by atoms with Gasteiger partial charge < -0.3 is 4.90 Å². The molecule has 0 saturated heterocycles. The van der Waals surface area contributed by atoms with E-state index in [0.717, 1.165) is 28.6 Å². The van der Waals surface area contributed by atoms with Gasteiger partial charge in [0.15, 0.2) is 0 Å². The zero-order chi connectivity index (χ0) is 13.8. The molecule has 0 aliphatic heterocycles. The third-order valence-electron chi connectivity index (χ3n) is 2.97. The molecular formula is C15H16BrNOS. The quantitative estimate of drug-likeness (QED) is 0.821. The van der Waals surface area contributed by atoms with E-state index in [1.54, 1.807) is 16.2 Å². The molecule has 19 heavy (non-hydrogen) atoms. The van der Waals surface area contributed by atoms with E-state index in [4.69, 9.17) is 0 Å². The summed E-state index contributed by atoms with van der Waals surface area (Å²) in [6.07, 6.45) is 0.906. The summed E-state index contributed by atoms with van der Waals surface area (Å²) in [7, 11) is 1.85. The normalized spacial score (nSPS) is 10.5. The molecule has 0 aliphatic carbocycles. The van der Waals surface area contributed by atoms with E-state index in [1.165, 1.54) is 4.88 Å². The summed E-state index contributed by atoms with van der Waals surface area (Å²) in [6, 6.07) is 9.99. The molecule has 1 aromatic heterocycles. The fourth-order valence-electron chi connectivity index (χ4n) is 1.84. The average molecular weight is 338 g/mol. The summed E-state index contributed by atoms with van der Waals surface area (Å²) in [5.74, 6) is 0.0622. The molecule has 1 heterocycles. The number of likely N-dealkylation sites (N-methyl/N-ethyl adjacent to an activating group) is 1. The lowest BCUT2D eigenvalue weighted by atomic mass is 10.1. The highest BCUT2D eigenvalue weighted by atomic mass is 79.9. The molecule has 2 nitrogen and oxygen atoms in total. The lowest BCUT2D eigenvalue weighted by Gasteiger charge is -2.18. The van der Waals surface area contributed by atoms with Crippen LogP contribution in [-0.2, 0) is 6.42 Å². The Morgan fingerprint density at radius 2 is 2.16 bits per heavy atom. The highest BCUT2D eigenvalue weighted by Crippen LogP contribution is 2.20. The number of amides is 1. The second-order valence-electron chi connectivity index (χ2n) is 4.54. The molecule has 0 N–H and O–H groups in total. The Kier molecular flexibility index (Phi) is 4.77. The molecular weight excluding hydrogens is 322 g/mol. The molecule has 0 unspecified atom stereocenters. The van der Waals surface area contributed by atoms with E-state index in [1.807, 2.05) is 38.2 Å². The maximum atomic E-state index is 12.4. The SMILES string of the molecule is Cc1ccc(Br)c(C(=O)N(C)CCc2cccs2)c1. The predicted octanol–water partition coefficient (Wildman–Crippen LogP) is 4.13. The number of thiophene rings is 1. The van der Waals surface area contributed by atoms with E-state index in [2.05, 4.69) is 27.4 Å². The second-order valence-corrected chi connectivity index (χ2v) is 6.43. The smallest absolute Gasteiger partial charge is 0.254 e. The molecule has 2 aromatic rings. The largest absolute Gasteiger partial charge is 0.341 e. The van der Waals surface area contributed by atoms with Gasteiger partial charge in [0.2, 0.25) is 0 Å². The topological polar surface area (TPSA) is 20.3 Å². The van der Waals surface area contributed by atoms with Crippen molar-refractivity contribution in [3.05, 3.63) is 56.2 Å². The van der Waals surface area contributed by atoms with Crippen molar-refractivity contribution in [2.75, 3.05) is 13.6 Å². The van der Waals surface area contributed by atoms with Crippen molar-refractivity contribution >= 4 is 33.2 Å². The van der Waals surface area contributed by atoms with Gasteiger partial charge in [0.1, 0.15) is 0 Å². The third kappa shape index (κ3) is 3.67. The molecule has 0 bridgehead atoms. The lowest BCUT2D eigenvalue weighted by molar-refractivity contribution is 0.0796. The minimum atomic E-state index is 0.0622. The summed E-state index contributed by atoms with van der Waals surface area (Å²) in [5.41, 5.74) is 1.83. The van der Waals surface area contributed by atoms with Gasteiger partial charge in [-0.2, -0.15) is 0 Å². The third-order valence-corrected chi connectivity index (χ3v) is 4.60.